The maximum atomic E-state index is 12.9. The van der Waals surface area contributed by atoms with Crippen LogP contribution in [0.1, 0.15) is 26.1 Å². The minimum Gasteiger partial charge on any atom is -0.496 e. The first-order chi connectivity index (χ1) is 13.6. The molecule has 3 aromatic rings. The van der Waals surface area contributed by atoms with Crippen LogP contribution in [-0.4, -0.2) is 42.5 Å². The lowest BCUT2D eigenvalue weighted by Crippen LogP contribution is -2.26. The molecule has 0 aliphatic rings. The first-order valence-corrected chi connectivity index (χ1v) is 8.63. The van der Waals surface area contributed by atoms with Crippen LogP contribution in [0.5, 0.6) is 5.75 Å². The number of alkyl halides is 2. The summed E-state index contributed by atoms with van der Waals surface area (Å²) in [5, 5.41) is 17.0. The van der Waals surface area contributed by atoms with Crippen molar-refractivity contribution in [1.82, 2.24) is 24.7 Å². The van der Waals surface area contributed by atoms with Gasteiger partial charge in [-0.25, -0.2) is 23.7 Å². The van der Waals surface area contributed by atoms with Crippen LogP contribution in [0.25, 0.3) is 11.1 Å². The summed E-state index contributed by atoms with van der Waals surface area (Å²) in [6.45, 7) is 3.70. The quantitative estimate of drug-likeness (QED) is 0.548. The number of ether oxygens (including phenoxy) is 1. The van der Waals surface area contributed by atoms with Crippen molar-refractivity contribution in [2.24, 2.45) is 0 Å². The average molecular weight is 405 g/mol. The van der Waals surface area contributed by atoms with Crippen LogP contribution in [0.4, 0.5) is 26.2 Å². The molecule has 0 saturated carbocycles. The van der Waals surface area contributed by atoms with Crippen LogP contribution in [-0.2, 0) is 6.54 Å². The minimum absolute atomic E-state index is 0.0828. The summed E-state index contributed by atoms with van der Waals surface area (Å²) in [6, 6.07) is 2.93. The van der Waals surface area contributed by atoms with Gasteiger partial charge in [0, 0.05) is 35.7 Å². The van der Waals surface area contributed by atoms with E-state index < -0.39 is 17.9 Å². The molecule has 3 aromatic heterocycles. The van der Waals surface area contributed by atoms with Gasteiger partial charge in [0.25, 0.3) is 6.43 Å². The number of aliphatic hydroxyl groups is 1. The molecule has 0 radical (unpaired) electrons. The summed E-state index contributed by atoms with van der Waals surface area (Å²) in [5.41, 5.74) is 6.07. The molecule has 0 bridgehead atoms. The number of aromatic nitrogens is 5. The van der Waals surface area contributed by atoms with Crippen LogP contribution < -0.4 is 15.8 Å². The second kappa shape index (κ2) is 7.95. The van der Waals surface area contributed by atoms with Gasteiger partial charge in [0.05, 0.1) is 25.5 Å². The van der Waals surface area contributed by atoms with Gasteiger partial charge < -0.3 is 20.9 Å². The third kappa shape index (κ3) is 5.13. The number of nitrogens with one attached hydrogen (secondary N) is 1. The number of nitrogen functional groups attached to an aromatic ring is 1. The van der Waals surface area contributed by atoms with E-state index in [0.29, 0.717) is 23.7 Å². The molecule has 0 fully saturated rings. The van der Waals surface area contributed by atoms with Gasteiger partial charge in [-0.15, -0.1) is 0 Å². The number of nitrogens with two attached hydrogens (primary N) is 1. The van der Waals surface area contributed by atoms with Crippen LogP contribution >= 0.6 is 0 Å². The predicted octanol–water partition coefficient (Wildman–Crippen LogP) is 2.78. The molecule has 0 aromatic carbocycles. The zero-order valence-electron chi connectivity index (χ0n) is 16.1. The highest BCUT2D eigenvalue weighted by molar-refractivity contribution is 5.71. The minimum atomic E-state index is -2.84. The van der Waals surface area contributed by atoms with E-state index in [-0.39, 0.29) is 11.6 Å². The van der Waals surface area contributed by atoms with Gasteiger partial charge in [-0.3, -0.25) is 4.68 Å². The van der Waals surface area contributed by atoms with Crippen LogP contribution in [0, 0.1) is 0 Å². The Bertz CT molecular complexity index is 1000. The standard InChI is InChI=1S/C18H21F2N7O2/c1-18(2,28)9-27-8-10(6-23-27)11-7-22-14(4-12(11)29-3)25-15-5-13(21)24-17(26-15)16(19)20/h4-8,16,28H,9H2,1-3H3,(H3,21,22,24,25,26). The Kier molecular flexibility index (Phi) is 5.59. The highest BCUT2D eigenvalue weighted by atomic mass is 19.3. The molecule has 3 rings (SSSR count). The fraction of sp³-hybridized carbons (Fsp3) is 0.333. The highest BCUT2D eigenvalue weighted by Crippen LogP contribution is 2.32. The lowest BCUT2D eigenvalue weighted by Gasteiger charge is -2.16. The van der Waals surface area contributed by atoms with Crippen LogP contribution in [0.15, 0.2) is 30.7 Å². The summed E-state index contributed by atoms with van der Waals surface area (Å²) in [6.07, 6.45) is 2.12. The van der Waals surface area contributed by atoms with Gasteiger partial charge in [0.2, 0.25) is 0 Å². The Morgan fingerprint density at radius 2 is 2.00 bits per heavy atom. The molecule has 0 aliphatic carbocycles. The molecule has 0 aliphatic heterocycles. The number of halogens is 2. The van der Waals surface area contributed by atoms with E-state index in [1.54, 1.807) is 43.2 Å². The fourth-order valence-electron chi connectivity index (χ4n) is 2.65. The van der Waals surface area contributed by atoms with Gasteiger partial charge >= 0.3 is 0 Å². The largest absolute Gasteiger partial charge is 0.496 e. The molecule has 0 unspecified atom stereocenters. The lowest BCUT2D eigenvalue weighted by molar-refractivity contribution is 0.0577. The Labute approximate surface area is 165 Å². The number of hydrogen-bond acceptors (Lipinski definition) is 8. The third-order valence-electron chi connectivity index (χ3n) is 3.79. The van der Waals surface area contributed by atoms with E-state index in [9.17, 15) is 13.9 Å². The van der Waals surface area contributed by atoms with E-state index in [0.717, 1.165) is 5.56 Å². The number of nitrogens with zero attached hydrogens (tertiary/aromatic N) is 5. The molecule has 154 valence electrons. The second-order valence-electron chi connectivity index (χ2n) is 6.97. The van der Waals surface area contributed by atoms with Gasteiger partial charge in [-0.2, -0.15) is 5.10 Å². The second-order valence-corrected chi connectivity index (χ2v) is 6.97. The van der Waals surface area contributed by atoms with Crippen molar-refractivity contribution < 1.29 is 18.6 Å². The Hall–Kier alpha value is -3.34. The molecule has 0 atom stereocenters. The summed E-state index contributed by atoms with van der Waals surface area (Å²) < 4.78 is 32.8. The van der Waals surface area contributed by atoms with Crippen molar-refractivity contribution >= 4 is 17.5 Å². The first-order valence-electron chi connectivity index (χ1n) is 8.63. The van der Waals surface area contributed by atoms with Gasteiger partial charge in [-0.1, -0.05) is 0 Å². The van der Waals surface area contributed by atoms with Crippen molar-refractivity contribution in [1.29, 1.82) is 0 Å². The molecular formula is C18H21F2N7O2. The number of anilines is 3. The summed E-state index contributed by atoms with van der Waals surface area (Å²) in [4.78, 5) is 11.5. The molecular weight excluding hydrogens is 384 g/mol. The third-order valence-corrected chi connectivity index (χ3v) is 3.79. The van der Waals surface area contributed by atoms with Crippen LogP contribution in [0.3, 0.4) is 0 Å². The molecule has 11 heteroatoms. The Balaban J connectivity index is 1.86. The summed E-state index contributed by atoms with van der Waals surface area (Å²) in [5.74, 6) is 0.151. The van der Waals surface area contributed by atoms with Gasteiger partial charge in [0.15, 0.2) is 5.82 Å². The van der Waals surface area contributed by atoms with Crippen molar-refractivity contribution in [2.75, 3.05) is 18.2 Å². The van der Waals surface area contributed by atoms with Crippen molar-refractivity contribution in [3.63, 3.8) is 0 Å². The Morgan fingerprint density at radius 1 is 1.24 bits per heavy atom. The van der Waals surface area contributed by atoms with E-state index in [1.807, 2.05) is 0 Å². The maximum Gasteiger partial charge on any atom is 0.297 e. The average Bonchev–Trinajstić information content (AvgIpc) is 3.07. The zero-order valence-corrected chi connectivity index (χ0v) is 16.1. The van der Waals surface area contributed by atoms with Crippen LogP contribution in [0.2, 0.25) is 0 Å². The molecule has 0 spiro atoms. The zero-order chi connectivity index (χ0) is 21.2. The normalized spacial score (nSPS) is 11.7. The molecule has 0 amide bonds. The number of rotatable bonds is 7. The maximum absolute atomic E-state index is 12.9. The Morgan fingerprint density at radius 3 is 2.66 bits per heavy atom. The highest BCUT2D eigenvalue weighted by Gasteiger charge is 2.17. The lowest BCUT2D eigenvalue weighted by atomic mass is 10.1. The van der Waals surface area contributed by atoms with Crippen molar-refractivity contribution in [2.45, 2.75) is 32.4 Å². The fourth-order valence-corrected chi connectivity index (χ4v) is 2.65. The molecule has 4 N–H and O–H groups in total. The SMILES string of the molecule is COc1cc(Nc2cc(N)nc(C(F)F)n2)ncc1-c1cnn(CC(C)(C)O)c1. The van der Waals surface area contributed by atoms with Crippen molar-refractivity contribution in [3.05, 3.63) is 36.5 Å². The first kappa shape index (κ1) is 20.4. The van der Waals surface area contributed by atoms with Gasteiger partial charge in [0.1, 0.15) is 23.2 Å². The smallest absolute Gasteiger partial charge is 0.297 e. The van der Waals surface area contributed by atoms with E-state index >= 15 is 0 Å². The molecule has 29 heavy (non-hydrogen) atoms. The van der Waals surface area contributed by atoms with E-state index in [2.05, 4.69) is 25.4 Å². The molecule has 0 saturated heterocycles. The number of pyridine rings is 1. The van der Waals surface area contributed by atoms with E-state index in [4.69, 9.17) is 10.5 Å². The number of hydrogen-bond donors (Lipinski definition) is 3. The van der Waals surface area contributed by atoms with E-state index in [1.165, 1.54) is 13.2 Å². The molecule has 9 nitrogen and oxygen atoms in total. The van der Waals surface area contributed by atoms with Gasteiger partial charge in [-0.05, 0) is 13.8 Å². The number of methoxy groups -OCH3 is 1. The summed E-state index contributed by atoms with van der Waals surface area (Å²) >= 11 is 0. The van der Waals surface area contributed by atoms with Crippen molar-refractivity contribution in [3.8, 4) is 16.9 Å². The topological polar surface area (TPSA) is 124 Å². The predicted molar refractivity (Wildman–Crippen MR) is 103 cm³/mol. The monoisotopic (exact) mass is 405 g/mol. The summed E-state index contributed by atoms with van der Waals surface area (Å²) in [7, 11) is 1.50. The molecule has 3 heterocycles.